The summed E-state index contributed by atoms with van der Waals surface area (Å²) in [5, 5.41) is 9.83. The molecule has 0 spiro atoms. The highest BCUT2D eigenvalue weighted by Gasteiger charge is 2.62. The van der Waals surface area contributed by atoms with Gasteiger partial charge in [0.25, 0.3) is 5.91 Å². The molecule has 3 amide bonds. The highest BCUT2D eigenvalue weighted by molar-refractivity contribution is 7.91. The Labute approximate surface area is 353 Å². The number of rotatable bonds is 10. The number of sulfonamides is 1. The van der Waals surface area contributed by atoms with E-state index in [2.05, 4.69) is 29.2 Å². The van der Waals surface area contributed by atoms with E-state index in [-0.39, 0.29) is 31.2 Å². The number of fused-ring (bicyclic) bond motifs is 3. The topological polar surface area (TPSA) is 169 Å². The Balaban J connectivity index is 1.15. The zero-order valence-electron chi connectivity index (χ0n) is 34.2. The van der Waals surface area contributed by atoms with Gasteiger partial charge in [-0.3, -0.25) is 19.1 Å². The number of carbonyl (C=O) groups excluding carboxylic acids is 3. The Hall–Kier alpha value is -5.09. The van der Waals surface area contributed by atoms with Gasteiger partial charge in [-0.2, -0.15) is 0 Å². The van der Waals surface area contributed by atoms with Crippen LogP contribution in [0.2, 0.25) is 0 Å². The van der Waals surface area contributed by atoms with Crippen molar-refractivity contribution in [3.63, 3.8) is 0 Å². The quantitative estimate of drug-likeness (QED) is 0.145. The van der Waals surface area contributed by atoms with Crippen LogP contribution in [-0.4, -0.2) is 83.6 Å². The van der Waals surface area contributed by atoms with E-state index in [0.717, 1.165) is 29.5 Å². The Morgan fingerprint density at radius 1 is 1.07 bits per heavy atom. The third kappa shape index (κ3) is 8.58. The van der Waals surface area contributed by atoms with E-state index >= 15 is 0 Å². The third-order valence-corrected chi connectivity index (χ3v) is 14.7. The number of aromatic nitrogens is 2. The van der Waals surface area contributed by atoms with Crippen LogP contribution in [0.15, 0.2) is 60.0 Å². The van der Waals surface area contributed by atoms with Crippen LogP contribution in [0.5, 0.6) is 11.6 Å². The van der Waals surface area contributed by atoms with Crippen LogP contribution in [0.25, 0.3) is 21.5 Å². The number of pyridine rings is 1. The molecule has 318 valence electrons. The highest BCUT2D eigenvalue weighted by Crippen LogP contribution is 2.46. The van der Waals surface area contributed by atoms with Crippen molar-refractivity contribution in [2.75, 3.05) is 19.0 Å². The van der Waals surface area contributed by atoms with E-state index in [1.807, 2.05) is 42.7 Å². The zero-order chi connectivity index (χ0) is 42.3. The zero-order valence-corrected chi connectivity index (χ0v) is 35.8. The molecular weight excluding hydrogens is 808 g/mol. The van der Waals surface area contributed by atoms with Gasteiger partial charge in [0.05, 0.1) is 24.6 Å². The molecule has 60 heavy (non-hydrogen) atoms. The lowest BCUT2D eigenvalue weighted by Gasteiger charge is -2.30. The Kier molecular flexibility index (Phi) is 11.6. The van der Waals surface area contributed by atoms with Crippen molar-refractivity contribution in [2.24, 2.45) is 5.92 Å². The molecular formula is C44H51FN6O7S2. The number of hydrogen-bond donors (Lipinski definition) is 3. The molecule has 0 radical (unpaired) electrons. The fourth-order valence-corrected chi connectivity index (χ4v) is 10.6. The summed E-state index contributed by atoms with van der Waals surface area (Å²) in [4.78, 5) is 54.7. The van der Waals surface area contributed by atoms with Crippen molar-refractivity contribution in [1.29, 1.82) is 0 Å². The predicted octanol–water partition coefficient (Wildman–Crippen LogP) is 6.77. The number of hydrogen-bond acceptors (Lipinski definition) is 11. The van der Waals surface area contributed by atoms with E-state index in [9.17, 15) is 27.2 Å². The van der Waals surface area contributed by atoms with Gasteiger partial charge in [0.2, 0.25) is 27.7 Å². The lowest BCUT2D eigenvalue weighted by atomic mass is 10.0. The van der Waals surface area contributed by atoms with Gasteiger partial charge in [0, 0.05) is 28.8 Å². The van der Waals surface area contributed by atoms with Gasteiger partial charge in [0.15, 0.2) is 0 Å². The molecule has 3 N–H and O–H groups in total. The van der Waals surface area contributed by atoms with Crippen molar-refractivity contribution in [1.82, 2.24) is 24.9 Å². The molecule has 13 nitrogen and oxygen atoms in total. The number of nitrogens with zero attached hydrogens (tertiary/aromatic N) is 3. The molecule has 2 aliphatic heterocycles. The van der Waals surface area contributed by atoms with E-state index in [0.29, 0.717) is 65.5 Å². The average Bonchev–Trinajstić information content (AvgIpc) is 4.09. The minimum absolute atomic E-state index is 0.00806. The van der Waals surface area contributed by atoms with Gasteiger partial charge < -0.3 is 25.0 Å². The molecule has 4 aromatic rings. The van der Waals surface area contributed by atoms with Gasteiger partial charge in [0.1, 0.15) is 46.0 Å². The first kappa shape index (κ1) is 41.6. The first-order valence-electron chi connectivity index (χ1n) is 20.7. The third-order valence-electron chi connectivity index (χ3n) is 12.0. The lowest BCUT2D eigenvalue weighted by molar-refractivity contribution is -0.140. The number of benzene rings is 2. The first-order chi connectivity index (χ1) is 28.8. The molecule has 2 aromatic carbocycles. The predicted molar refractivity (Wildman–Crippen MR) is 228 cm³/mol. The maximum atomic E-state index is 14.8. The van der Waals surface area contributed by atoms with Crippen molar-refractivity contribution in [2.45, 2.75) is 113 Å². The standard InChI is InChI=1S/C44H51FN6O7S2/c1-25(2)36-24-59-41(48-36)35-21-33-26(3)38(57-4)18-17-32(33)40(47-35)58-30-20-37-39(52)49-44(43(54)50-60(55,56)31-15-16-31)22-27(44)11-8-6-5-7-9-14-34(42(53)51(37)23-30)46-29-13-10-12-28(45)19-29/h8,10-13,17-19,21,24-25,27,30-31,34,37,46H,5-7,9,14-16,20,22-23H2,1-4H3,(H,49,52)(H,50,54)/b11-8-/t27-,30-,34+,37+,44-/m1/s1. The van der Waals surface area contributed by atoms with Crippen molar-refractivity contribution in [3.05, 3.63) is 77.1 Å². The number of aryl methyl sites for hydroxylation is 1. The average molecular weight is 859 g/mol. The Morgan fingerprint density at radius 3 is 2.62 bits per heavy atom. The maximum absolute atomic E-state index is 14.8. The second-order valence-corrected chi connectivity index (χ2v) is 19.6. The second kappa shape index (κ2) is 16.8. The normalized spacial score (nSPS) is 25.4. The summed E-state index contributed by atoms with van der Waals surface area (Å²) in [7, 11) is -2.29. The fourth-order valence-electron chi connectivity index (χ4n) is 8.29. The summed E-state index contributed by atoms with van der Waals surface area (Å²) in [6.45, 7) is 6.12. The minimum atomic E-state index is -3.91. The summed E-state index contributed by atoms with van der Waals surface area (Å²) in [6, 6.07) is 9.69. The van der Waals surface area contributed by atoms with Gasteiger partial charge in [-0.25, -0.2) is 22.8 Å². The molecule has 16 heteroatoms. The van der Waals surface area contributed by atoms with Crippen LogP contribution in [0.4, 0.5) is 10.1 Å². The number of ether oxygens (including phenoxy) is 2. The number of carbonyl (C=O) groups is 3. The fraction of sp³-hybridized carbons (Fsp3) is 0.477. The van der Waals surface area contributed by atoms with Gasteiger partial charge >= 0.3 is 0 Å². The van der Waals surface area contributed by atoms with Crippen LogP contribution < -0.4 is 24.8 Å². The second-order valence-electron chi connectivity index (χ2n) is 16.7. The number of allylic oxidation sites excluding steroid dienone is 1. The number of halogens is 1. The van der Waals surface area contributed by atoms with E-state index in [1.165, 1.54) is 28.4 Å². The number of thiazole rings is 1. The van der Waals surface area contributed by atoms with E-state index < -0.39 is 62.5 Å². The summed E-state index contributed by atoms with van der Waals surface area (Å²) in [6.07, 6.45) is 7.79. The number of amides is 3. The Morgan fingerprint density at radius 2 is 1.88 bits per heavy atom. The molecule has 2 saturated carbocycles. The van der Waals surface area contributed by atoms with Crippen LogP contribution >= 0.6 is 11.3 Å². The summed E-state index contributed by atoms with van der Waals surface area (Å²) < 4.78 is 55.0. The van der Waals surface area contributed by atoms with Crippen LogP contribution in [0.1, 0.15) is 88.8 Å². The molecule has 5 atom stereocenters. The lowest BCUT2D eigenvalue weighted by Crippen LogP contribution is -2.57. The molecule has 4 heterocycles. The number of nitrogens with one attached hydrogen (secondary N) is 3. The van der Waals surface area contributed by atoms with Crippen molar-refractivity contribution in [3.8, 4) is 22.3 Å². The van der Waals surface area contributed by atoms with E-state index in [4.69, 9.17) is 19.4 Å². The molecule has 3 fully saturated rings. The van der Waals surface area contributed by atoms with Gasteiger partial charge in [-0.05, 0) is 98.7 Å². The van der Waals surface area contributed by atoms with Crippen molar-refractivity contribution >= 4 is 55.5 Å². The molecule has 4 aliphatic rings. The molecule has 0 unspecified atom stereocenters. The summed E-state index contributed by atoms with van der Waals surface area (Å²) in [5.74, 6) is -1.43. The van der Waals surface area contributed by atoms with Crippen LogP contribution in [-0.2, 0) is 24.4 Å². The monoisotopic (exact) mass is 858 g/mol. The smallest absolute Gasteiger partial charge is 0.259 e. The van der Waals surface area contributed by atoms with Gasteiger partial charge in [-0.1, -0.05) is 44.9 Å². The Bertz CT molecular complexity index is 2450. The SMILES string of the molecule is COc1ccc2c(O[C@@H]3C[C@H]4C(=O)N[C@]5(C(=O)NS(=O)(=O)C6CC6)C[C@H]5/C=C\CCCCC[C@H](Nc5cccc(F)c5)C(=O)N4C3)nc(-c3nc(C(C)C)cs3)cc2c1C. The van der Waals surface area contributed by atoms with Crippen molar-refractivity contribution < 1.29 is 36.7 Å². The first-order valence-corrected chi connectivity index (χ1v) is 23.2. The largest absolute Gasteiger partial charge is 0.496 e. The molecule has 1 saturated heterocycles. The number of methoxy groups -OCH3 is 1. The van der Waals surface area contributed by atoms with Crippen LogP contribution in [0.3, 0.4) is 0 Å². The maximum Gasteiger partial charge on any atom is 0.259 e. The molecule has 0 bridgehead atoms. The summed E-state index contributed by atoms with van der Waals surface area (Å²) >= 11 is 1.48. The minimum Gasteiger partial charge on any atom is -0.496 e. The molecule has 8 rings (SSSR count). The molecule has 2 aliphatic carbocycles. The van der Waals surface area contributed by atoms with Crippen LogP contribution in [0, 0.1) is 18.7 Å². The van der Waals surface area contributed by atoms with E-state index in [1.54, 1.807) is 19.2 Å². The number of anilines is 1. The summed E-state index contributed by atoms with van der Waals surface area (Å²) in [5.41, 5.74) is 1.35. The highest BCUT2D eigenvalue weighted by atomic mass is 32.2. The van der Waals surface area contributed by atoms with Gasteiger partial charge in [-0.15, -0.1) is 11.3 Å². The molecule has 2 aromatic heterocycles.